The highest BCUT2D eigenvalue weighted by atomic mass is 32.2. The summed E-state index contributed by atoms with van der Waals surface area (Å²) in [6.45, 7) is 1.88. The third-order valence-corrected chi connectivity index (χ3v) is 7.22. The fraction of sp³-hybridized carbons (Fsp3) is 0.333. The molecule has 1 aromatic carbocycles. The lowest BCUT2D eigenvalue weighted by molar-refractivity contribution is -0.134. The van der Waals surface area contributed by atoms with E-state index in [1.165, 1.54) is 18.8 Å². The summed E-state index contributed by atoms with van der Waals surface area (Å²) in [4.78, 5) is 25.6. The summed E-state index contributed by atoms with van der Waals surface area (Å²) in [5.74, 6) is -2.32. The maximum atomic E-state index is 12.6. The summed E-state index contributed by atoms with van der Waals surface area (Å²) < 4.78 is 25.5. The van der Waals surface area contributed by atoms with Gasteiger partial charge in [0, 0.05) is 22.9 Å². The Morgan fingerprint density at radius 2 is 1.96 bits per heavy atom. The fourth-order valence-electron chi connectivity index (χ4n) is 2.69. The first-order valence-corrected chi connectivity index (χ1v) is 9.42. The second-order valence-corrected chi connectivity index (χ2v) is 8.99. The number of thioether (sulfide) groups is 1. The van der Waals surface area contributed by atoms with E-state index in [0.29, 0.717) is 21.3 Å². The van der Waals surface area contributed by atoms with E-state index >= 15 is 0 Å². The highest BCUT2D eigenvalue weighted by Gasteiger charge is 2.49. The Balaban J connectivity index is 1.99. The summed E-state index contributed by atoms with van der Waals surface area (Å²) in [7, 11) is -2.59. The molecule has 0 aromatic heterocycles. The largest absolute Gasteiger partial charge is 0.325 e. The van der Waals surface area contributed by atoms with Crippen LogP contribution in [0.4, 0.5) is 5.69 Å². The van der Waals surface area contributed by atoms with E-state index in [1.807, 2.05) is 13.0 Å². The molecule has 0 fully saturated rings. The number of nitrogens with zero attached hydrogens (tertiary/aromatic N) is 1. The molecule has 1 aromatic rings. The molecular formula is C15H16N2O4S2. The van der Waals surface area contributed by atoms with Gasteiger partial charge in [-0.05, 0) is 18.6 Å². The zero-order chi connectivity index (χ0) is 16.8. The van der Waals surface area contributed by atoms with E-state index in [-0.39, 0.29) is 10.2 Å². The van der Waals surface area contributed by atoms with Crippen molar-refractivity contribution in [3.8, 4) is 0 Å². The highest BCUT2D eigenvalue weighted by Crippen LogP contribution is 2.48. The first-order valence-electron chi connectivity index (χ1n) is 7.10. The number of rotatable bonds is 2. The minimum absolute atomic E-state index is 0.0288. The number of anilines is 1. The lowest BCUT2D eigenvalue weighted by Crippen LogP contribution is -2.46. The van der Waals surface area contributed by atoms with E-state index in [9.17, 15) is 18.0 Å². The van der Waals surface area contributed by atoms with Crippen molar-refractivity contribution in [3.63, 3.8) is 0 Å². The zero-order valence-corrected chi connectivity index (χ0v) is 14.3. The molecule has 2 aliphatic rings. The average molecular weight is 352 g/mol. The molecule has 8 heteroatoms. The molecule has 2 amide bonds. The summed E-state index contributed by atoms with van der Waals surface area (Å²) >= 11 is 1.30. The van der Waals surface area contributed by atoms with Crippen LogP contribution in [-0.4, -0.2) is 36.8 Å². The van der Waals surface area contributed by atoms with Crippen LogP contribution < -0.4 is 5.32 Å². The maximum absolute atomic E-state index is 12.6. The van der Waals surface area contributed by atoms with E-state index in [2.05, 4.69) is 5.32 Å². The van der Waals surface area contributed by atoms with Crippen LogP contribution in [0.2, 0.25) is 0 Å². The number of hydrogen-bond acceptors (Lipinski definition) is 5. The van der Waals surface area contributed by atoms with Crippen LogP contribution in [0.15, 0.2) is 40.1 Å². The van der Waals surface area contributed by atoms with Crippen molar-refractivity contribution in [2.24, 2.45) is 5.92 Å². The molecule has 0 radical (unpaired) electrons. The summed E-state index contributed by atoms with van der Waals surface area (Å²) in [5.41, 5.74) is 0.569. The number of carbonyl (C=O) groups is 2. The van der Waals surface area contributed by atoms with Crippen LogP contribution in [-0.2, 0) is 19.6 Å². The van der Waals surface area contributed by atoms with Gasteiger partial charge in [-0.1, -0.05) is 25.1 Å². The van der Waals surface area contributed by atoms with E-state index in [4.69, 9.17) is 0 Å². The number of benzene rings is 1. The topological polar surface area (TPSA) is 83.6 Å². The molecule has 3 rings (SSSR count). The van der Waals surface area contributed by atoms with Crippen LogP contribution in [0.5, 0.6) is 0 Å². The Labute approximate surface area is 139 Å². The third-order valence-electron chi connectivity index (χ3n) is 3.87. The normalized spacial score (nSPS) is 26.2. The number of para-hydroxylation sites is 1. The molecule has 0 spiro atoms. The van der Waals surface area contributed by atoms with E-state index < -0.39 is 27.8 Å². The number of allylic oxidation sites excluding steroid dienone is 1. The zero-order valence-electron chi connectivity index (χ0n) is 12.6. The second kappa shape index (κ2) is 5.68. The number of amides is 2. The summed E-state index contributed by atoms with van der Waals surface area (Å²) in [6.07, 6.45) is 0.342. The first kappa shape index (κ1) is 16.1. The van der Waals surface area contributed by atoms with Crippen LogP contribution in [0.25, 0.3) is 0 Å². The van der Waals surface area contributed by atoms with Gasteiger partial charge in [-0.2, -0.15) is 0 Å². The average Bonchev–Trinajstić information content (AvgIpc) is 2.89. The molecule has 6 nitrogen and oxygen atoms in total. The van der Waals surface area contributed by atoms with Gasteiger partial charge in [0.15, 0.2) is 0 Å². The first-order chi connectivity index (χ1) is 10.8. The number of nitrogens with one attached hydrogen (secondary N) is 1. The third kappa shape index (κ3) is 2.66. The quantitative estimate of drug-likeness (QED) is 0.820. The van der Waals surface area contributed by atoms with Crippen molar-refractivity contribution in [3.05, 3.63) is 40.1 Å². The van der Waals surface area contributed by atoms with Gasteiger partial charge < -0.3 is 5.32 Å². The molecule has 0 bridgehead atoms. The molecule has 1 N–H and O–H groups in total. The maximum Gasteiger partial charge on any atom is 0.263 e. The molecule has 0 saturated carbocycles. The van der Waals surface area contributed by atoms with Crippen molar-refractivity contribution in [2.75, 3.05) is 12.4 Å². The lowest BCUT2D eigenvalue weighted by Gasteiger charge is -2.29. The van der Waals surface area contributed by atoms with Gasteiger partial charge in [0.05, 0.1) is 4.91 Å². The second-order valence-electron chi connectivity index (χ2n) is 5.52. The van der Waals surface area contributed by atoms with Gasteiger partial charge in [-0.25, -0.2) is 12.7 Å². The molecule has 0 saturated heterocycles. The molecule has 23 heavy (non-hydrogen) atoms. The SMILES string of the molecule is CC1CC2=C(S1)C(C(=O)Nc1ccccc1)C(=O)N(C)S2(=O)=O. The Morgan fingerprint density at radius 3 is 2.61 bits per heavy atom. The van der Waals surface area contributed by atoms with Gasteiger partial charge in [0.2, 0.25) is 5.91 Å². The molecule has 2 aliphatic heterocycles. The van der Waals surface area contributed by atoms with Crippen LogP contribution in [0, 0.1) is 5.92 Å². The van der Waals surface area contributed by atoms with E-state index in [0.717, 1.165) is 0 Å². The van der Waals surface area contributed by atoms with Crippen molar-refractivity contribution < 1.29 is 18.0 Å². The number of sulfonamides is 1. The van der Waals surface area contributed by atoms with E-state index in [1.54, 1.807) is 24.3 Å². The fourth-order valence-corrected chi connectivity index (χ4v) is 6.01. The predicted molar refractivity (Wildman–Crippen MR) is 88.9 cm³/mol. The number of hydrogen-bond donors (Lipinski definition) is 1. The highest BCUT2D eigenvalue weighted by molar-refractivity contribution is 8.05. The van der Waals surface area contributed by atoms with Crippen LogP contribution in [0.1, 0.15) is 13.3 Å². The summed E-state index contributed by atoms with van der Waals surface area (Å²) in [6, 6.07) is 8.78. The van der Waals surface area contributed by atoms with Gasteiger partial charge in [-0.15, -0.1) is 11.8 Å². The summed E-state index contributed by atoms with van der Waals surface area (Å²) in [5, 5.41) is 2.72. The minimum Gasteiger partial charge on any atom is -0.325 e. The van der Waals surface area contributed by atoms with Gasteiger partial charge in [0.25, 0.3) is 15.9 Å². The minimum atomic E-state index is -3.80. The Morgan fingerprint density at radius 1 is 1.30 bits per heavy atom. The predicted octanol–water partition coefficient (Wildman–Crippen LogP) is 1.78. The monoisotopic (exact) mass is 352 g/mol. The standard InChI is InChI=1S/C15H16N2O4S2/c1-9-8-11-13(22-9)12(15(19)17(2)23(11,20)21)14(18)16-10-6-4-3-5-7-10/h3-7,9,12H,8H2,1-2H3,(H,16,18). The Kier molecular flexibility index (Phi) is 3.97. The van der Waals surface area contributed by atoms with Gasteiger partial charge in [-0.3, -0.25) is 9.59 Å². The molecule has 2 unspecified atom stereocenters. The van der Waals surface area contributed by atoms with Crippen molar-refractivity contribution in [1.29, 1.82) is 0 Å². The molecule has 2 atom stereocenters. The lowest BCUT2D eigenvalue weighted by atomic mass is 10.1. The molecule has 0 aliphatic carbocycles. The van der Waals surface area contributed by atoms with Crippen molar-refractivity contribution >= 4 is 39.3 Å². The molecule has 2 heterocycles. The molecule has 122 valence electrons. The number of carbonyl (C=O) groups excluding carboxylic acids is 2. The Bertz CT molecular complexity index is 802. The van der Waals surface area contributed by atoms with Crippen molar-refractivity contribution in [2.45, 2.75) is 18.6 Å². The molecular weight excluding hydrogens is 336 g/mol. The van der Waals surface area contributed by atoms with Crippen molar-refractivity contribution in [1.82, 2.24) is 4.31 Å². The Hall–Kier alpha value is -1.80. The van der Waals surface area contributed by atoms with Crippen LogP contribution >= 0.6 is 11.8 Å². The van der Waals surface area contributed by atoms with Crippen LogP contribution in [0.3, 0.4) is 0 Å². The van der Waals surface area contributed by atoms with Gasteiger partial charge in [0.1, 0.15) is 5.92 Å². The smallest absolute Gasteiger partial charge is 0.263 e. The van der Waals surface area contributed by atoms with Gasteiger partial charge >= 0.3 is 0 Å².